The summed E-state index contributed by atoms with van der Waals surface area (Å²) in [5, 5.41) is 63.1. The summed E-state index contributed by atoms with van der Waals surface area (Å²) in [6, 6.07) is 4.90. The van der Waals surface area contributed by atoms with Gasteiger partial charge in [0.05, 0.1) is 24.4 Å². The van der Waals surface area contributed by atoms with Gasteiger partial charge >= 0.3 is 5.97 Å². The predicted octanol–water partition coefficient (Wildman–Crippen LogP) is -1.06. The number of aromatic amines is 1. The number of aliphatic hydroxyl groups is 3. The Bertz CT molecular complexity index is 2490. The van der Waals surface area contributed by atoms with E-state index in [2.05, 4.69) is 47.5 Å². The molecule has 1 aliphatic carbocycles. The number of aliphatic carboxylic acids is 1. The lowest BCUT2D eigenvalue weighted by molar-refractivity contribution is -0.145. The maximum absolute atomic E-state index is 14.8. The van der Waals surface area contributed by atoms with Crippen molar-refractivity contribution in [1.29, 1.82) is 0 Å². The van der Waals surface area contributed by atoms with Crippen molar-refractivity contribution < 1.29 is 58.8 Å². The van der Waals surface area contributed by atoms with Crippen LogP contribution in [0.2, 0.25) is 0 Å². The molecule has 1 saturated heterocycles. The molecule has 0 radical (unpaired) electrons. The summed E-state index contributed by atoms with van der Waals surface area (Å²) < 4.78 is 0. The summed E-state index contributed by atoms with van der Waals surface area (Å²) in [5.74, 6) is -8.16. The molecule has 3 unspecified atom stereocenters. The van der Waals surface area contributed by atoms with Crippen molar-refractivity contribution in [3.8, 4) is 0 Å². The Hall–Kier alpha value is -6.28. The van der Waals surface area contributed by atoms with Crippen LogP contribution < -0.4 is 48.3 Å². The minimum absolute atomic E-state index is 0.0105. The van der Waals surface area contributed by atoms with Crippen LogP contribution in [-0.4, -0.2) is 164 Å². The smallest absolute Gasteiger partial charge is 0.328 e. The van der Waals surface area contributed by atoms with Gasteiger partial charge in [-0.3, -0.25) is 33.6 Å². The molecule has 24 heteroatoms. The molecule has 5 rings (SSSR count). The summed E-state index contributed by atoms with van der Waals surface area (Å²) in [6.07, 6.45) is 3.54. The first-order valence-corrected chi connectivity index (χ1v) is 26.8. The maximum Gasteiger partial charge on any atom is 0.328 e. The van der Waals surface area contributed by atoms with Crippen molar-refractivity contribution in [2.45, 2.75) is 125 Å². The van der Waals surface area contributed by atoms with E-state index in [-0.39, 0.29) is 50.2 Å². The van der Waals surface area contributed by atoms with E-state index in [0.717, 1.165) is 45.0 Å². The molecule has 74 heavy (non-hydrogen) atoms. The SMILES string of the molecule is CN[C@H](Cc1ccccc1)C(=O)N[C@H]1CSSC[C@@H](C(=O)N[C@H](C(=O)O)C(C)O)NC(=O)[C@H](C(C)O)NC(=O)[C@H](CCCCN)NC(=O)[C@@H](Cc2c[nH]c3ccccc23)NC(=O)[C@H](CC2=CCC(O)C=C2)NC1=O. The molecule has 11 atom stereocenters. The highest BCUT2D eigenvalue weighted by Crippen LogP contribution is 2.25. The second-order valence-electron chi connectivity index (χ2n) is 18.2. The number of H-pyrrole nitrogens is 1. The molecule has 1 fully saturated rings. The number of nitrogens with two attached hydrogens (primary N) is 1. The molecule has 7 amide bonds. The highest BCUT2D eigenvalue weighted by Gasteiger charge is 2.37. The number of fused-ring (bicyclic) bond motifs is 1. The monoisotopic (exact) mass is 1060 g/mol. The van der Waals surface area contributed by atoms with Gasteiger partial charge in [-0.15, -0.1) is 0 Å². The molecule has 2 heterocycles. The molecule has 2 aliphatic rings. The molecule has 2 aromatic carbocycles. The van der Waals surface area contributed by atoms with E-state index in [1.165, 1.54) is 13.0 Å². The van der Waals surface area contributed by atoms with Crippen molar-refractivity contribution >= 4 is 79.8 Å². The Morgan fingerprint density at radius 1 is 0.797 bits per heavy atom. The quantitative estimate of drug-likeness (QED) is 0.0534. The van der Waals surface area contributed by atoms with E-state index in [9.17, 15) is 58.8 Å². The molecule has 22 nitrogen and oxygen atoms in total. The van der Waals surface area contributed by atoms with Crippen molar-refractivity contribution in [2.24, 2.45) is 5.73 Å². The average Bonchev–Trinajstić information content (AvgIpc) is 3.78. The number of amides is 7. The third-order valence-corrected chi connectivity index (χ3v) is 14.8. The summed E-state index contributed by atoms with van der Waals surface area (Å²) in [7, 11) is 3.51. The summed E-state index contributed by atoms with van der Waals surface area (Å²) in [4.78, 5) is 115. The zero-order valence-corrected chi connectivity index (χ0v) is 43.0. The van der Waals surface area contributed by atoms with E-state index in [1.54, 1.807) is 31.5 Å². The lowest BCUT2D eigenvalue weighted by Crippen LogP contribution is -2.62. The van der Waals surface area contributed by atoms with Gasteiger partial charge in [0.25, 0.3) is 0 Å². The number of hydrogen-bond donors (Lipinski definition) is 14. The van der Waals surface area contributed by atoms with E-state index >= 15 is 0 Å². The van der Waals surface area contributed by atoms with Crippen LogP contribution in [0.15, 0.2) is 84.6 Å². The Morgan fingerprint density at radius 3 is 2.09 bits per heavy atom. The van der Waals surface area contributed by atoms with Crippen molar-refractivity contribution in [3.05, 3.63) is 95.7 Å². The fourth-order valence-corrected chi connectivity index (χ4v) is 10.5. The Balaban J connectivity index is 1.59. The zero-order chi connectivity index (χ0) is 53.9. The normalized spacial score (nSPS) is 24.3. The maximum atomic E-state index is 14.8. The number of unbranched alkanes of at least 4 members (excludes halogenated alkanes) is 1. The molecule has 1 aliphatic heterocycles. The second kappa shape index (κ2) is 29.0. The van der Waals surface area contributed by atoms with E-state index in [1.807, 2.05) is 48.5 Å². The fraction of sp³-hybridized carbons (Fsp3) is 0.480. The molecule has 0 bridgehead atoms. The first kappa shape index (κ1) is 58.6. The van der Waals surface area contributed by atoms with Gasteiger partial charge in [0.1, 0.15) is 36.3 Å². The van der Waals surface area contributed by atoms with Crippen LogP contribution in [0.3, 0.4) is 0 Å². The molecule has 1 aromatic heterocycles. The van der Waals surface area contributed by atoms with Crippen molar-refractivity contribution in [2.75, 3.05) is 25.1 Å². The van der Waals surface area contributed by atoms with Gasteiger partial charge in [-0.1, -0.05) is 88.3 Å². The second-order valence-corrected chi connectivity index (χ2v) is 20.7. The number of carbonyl (C=O) groups is 8. The largest absolute Gasteiger partial charge is 0.480 e. The Labute approximate surface area is 436 Å². The van der Waals surface area contributed by atoms with Gasteiger partial charge in [-0.2, -0.15) is 0 Å². The van der Waals surface area contributed by atoms with Crippen LogP contribution in [0, 0.1) is 0 Å². The number of likely N-dealkylation sites (N-methyl/N-ethyl adjacent to an activating group) is 1. The lowest BCUT2D eigenvalue weighted by atomic mass is 9.97. The number of carbonyl (C=O) groups excluding carboxylic acids is 7. The lowest BCUT2D eigenvalue weighted by Gasteiger charge is -2.29. The number of aliphatic hydroxyl groups excluding tert-OH is 3. The topological polar surface area (TPSA) is 356 Å². The summed E-state index contributed by atoms with van der Waals surface area (Å²) in [5.41, 5.74) is 8.53. The van der Waals surface area contributed by atoms with E-state index in [4.69, 9.17) is 5.73 Å². The standard InChI is InChI=1S/C50H68N10O12S2/c1-27(61)41-49(70)58-40(48(69)60-42(28(2)62)50(71)72)26-74-73-25-39(57-44(65)36(52-3)21-29-11-5-4-6-12-29)47(68)55-37(22-30-16-18-32(63)19-17-30)45(66)56-38(23-31-24-53-34-14-8-7-13-33(31)34)46(67)54-35(43(64)59-41)15-9-10-20-51/h4-8,11-14,16-18,24,27-28,32,35-42,52-53,61-63H,9-10,15,19-23,25-26,51H2,1-3H3,(H,54,67)(H,55,68)(H,56,66)(H,57,65)(H,58,70)(H,59,64)(H,60,69)(H,71,72)/t27?,28?,32?,35-,36+,37-,38+,39-,40-,41-,42-/m0/s1. The molecule has 0 spiro atoms. The van der Waals surface area contributed by atoms with Crippen LogP contribution in [-0.2, 0) is 51.2 Å². The number of carboxylic acids is 1. The molecular formula is C50H68N10O12S2. The number of hydrogen-bond acceptors (Lipinski definition) is 15. The van der Waals surface area contributed by atoms with Crippen molar-refractivity contribution in [1.82, 2.24) is 47.5 Å². The van der Waals surface area contributed by atoms with Gasteiger partial charge in [0.15, 0.2) is 6.04 Å². The third-order valence-electron chi connectivity index (χ3n) is 12.4. The van der Waals surface area contributed by atoms with Crippen LogP contribution in [0.25, 0.3) is 10.9 Å². The number of benzene rings is 2. The zero-order valence-electron chi connectivity index (χ0n) is 41.4. The van der Waals surface area contributed by atoms with Crippen LogP contribution in [0.4, 0.5) is 0 Å². The van der Waals surface area contributed by atoms with Gasteiger partial charge in [-0.25, -0.2) is 4.79 Å². The van der Waals surface area contributed by atoms with Crippen molar-refractivity contribution in [3.63, 3.8) is 0 Å². The molecule has 3 aromatic rings. The number of allylic oxidation sites excluding steroid dienone is 1. The number of aromatic nitrogens is 1. The Morgan fingerprint density at radius 2 is 1.45 bits per heavy atom. The first-order chi connectivity index (χ1) is 35.4. The minimum atomic E-state index is -1.81. The summed E-state index contributed by atoms with van der Waals surface area (Å²) in [6.45, 7) is 2.59. The van der Waals surface area contributed by atoms with Gasteiger partial charge in [0.2, 0.25) is 41.4 Å². The molecule has 15 N–H and O–H groups in total. The van der Waals surface area contributed by atoms with E-state index < -0.39 is 114 Å². The first-order valence-electron chi connectivity index (χ1n) is 24.4. The number of para-hydroxylation sites is 1. The van der Waals surface area contributed by atoms with Gasteiger partial charge < -0.3 is 73.7 Å². The molecular weight excluding hydrogens is 997 g/mol. The highest BCUT2D eigenvalue weighted by atomic mass is 33.1. The molecule has 402 valence electrons. The average molecular weight is 1070 g/mol. The minimum Gasteiger partial charge on any atom is -0.480 e. The van der Waals surface area contributed by atoms with E-state index in [0.29, 0.717) is 24.0 Å². The number of rotatable bonds is 18. The fourth-order valence-electron chi connectivity index (χ4n) is 8.17. The summed E-state index contributed by atoms with van der Waals surface area (Å²) >= 11 is 0. The number of nitrogens with one attached hydrogen (secondary N) is 9. The molecule has 0 saturated carbocycles. The predicted molar refractivity (Wildman–Crippen MR) is 280 cm³/mol. The van der Waals surface area contributed by atoms with Crippen LogP contribution in [0.5, 0.6) is 0 Å². The van der Waals surface area contributed by atoms with Gasteiger partial charge in [-0.05, 0) is 82.3 Å². The van der Waals surface area contributed by atoms with Gasteiger partial charge in [0, 0.05) is 41.4 Å². The third kappa shape index (κ3) is 17.4. The highest BCUT2D eigenvalue weighted by molar-refractivity contribution is 8.76. The number of carboxylic acid groups (broad SMARTS) is 1. The Kier molecular flexibility index (Phi) is 23.0. The van der Waals surface area contributed by atoms with Crippen LogP contribution >= 0.6 is 21.6 Å². The van der Waals surface area contributed by atoms with Crippen LogP contribution in [0.1, 0.15) is 57.1 Å².